The smallest absolute Gasteiger partial charge is 0.263 e. The Bertz CT molecular complexity index is 1010. The van der Waals surface area contributed by atoms with E-state index in [1.807, 2.05) is 36.4 Å². The third-order valence-corrected chi connectivity index (χ3v) is 5.61. The van der Waals surface area contributed by atoms with Gasteiger partial charge in [0, 0.05) is 5.69 Å². The number of methoxy groups -OCH3 is 1. The van der Waals surface area contributed by atoms with Crippen LogP contribution in [0.25, 0.3) is 0 Å². The van der Waals surface area contributed by atoms with Crippen molar-refractivity contribution in [1.29, 1.82) is 0 Å². The van der Waals surface area contributed by atoms with Crippen molar-refractivity contribution >= 4 is 27.2 Å². The molecule has 0 unspecified atom stereocenters. The minimum absolute atomic E-state index is 0.208. The van der Waals surface area contributed by atoms with Crippen LogP contribution in [-0.4, -0.2) is 20.5 Å². The number of sulfonamides is 1. The molecule has 146 valence electrons. The Hall–Kier alpha value is -3.06. The lowest BCUT2D eigenvalue weighted by Crippen LogP contribution is -2.14. The minimum atomic E-state index is -3.68. The molecule has 0 atom stereocenters. The molecule has 7 heteroatoms. The number of anilines is 3. The normalized spacial score (nSPS) is 11.3. The van der Waals surface area contributed by atoms with Crippen LogP contribution < -0.4 is 14.8 Å². The van der Waals surface area contributed by atoms with Crippen LogP contribution in [0.15, 0.2) is 71.8 Å². The van der Waals surface area contributed by atoms with Gasteiger partial charge >= 0.3 is 0 Å². The van der Waals surface area contributed by atoms with E-state index in [4.69, 9.17) is 4.74 Å². The maximum Gasteiger partial charge on any atom is 0.263 e. The molecule has 3 aromatic rings. The SMILES string of the molecule is COc1ccc(Nc2ccc(NS(=O)(=O)c3ccc(C(C)C)cc3)nc2)cc1. The van der Waals surface area contributed by atoms with Crippen molar-refractivity contribution in [3.05, 3.63) is 72.4 Å². The fourth-order valence-electron chi connectivity index (χ4n) is 2.60. The van der Waals surface area contributed by atoms with Gasteiger partial charge in [-0.25, -0.2) is 13.4 Å². The first-order valence-electron chi connectivity index (χ1n) is 8.87. The zero-order valence-corrected chi connectivity index (χ0v) is 16.8. The van der Waals surface area contributed by atoms with Crippen molar-refractivity contribution in [1.82, 2.24) is 4.98 Å². The Morgan fingerprint density at radius 2 is 1.54 bits per heavy atom. The first-order valence-corrected chi connectivity index (χ1v) is 10.4. The van der Waals surface area contributed by atoms with E-state index in [0.29, 0.717) is 5.92 Å². The number of aromatic nitrogens is 1. The fourth-order valence-corrected chi connectivity index (χ4v) is 3.61. The standard InChI is InChI=1S/C21H23N3O3S/c1-15(2)16-4-11-20(12-5-16)28(25,26)24-21-13-8-18(14-22-21)23-17-6-9-19(27-3)10-7-17/h4-15,23H,1-3H3,(H,22,24). The summed E-state index contributed by atoms with van der Waals surface area (Å²) in [6.07, 6.45) is 1.57. The topological polar surface area (TPSA) is 80.3 Å². The van der Waals surface area contributed by atoms with Crippen LogP contribution in [0.3, 0.4) is 0 Å². The molecule has 6 nitrogen and oxygen atoms in total. The Morgan fingerprint density at radius 1 is 0.893 bits per heavy atom. The van der Waals surface area contributed by atoms with E-state index in [9.17, 15) is 8.42 Å². The van der Waals surface area contributed by atoms with E-state index in [-0.39, 0.29) is 10.7 Å². The molecular formula is C21H23N3O3S. The van der Waals surface area contributed by atoms with Gasteiger partial charge in [0.25, 0.3) is 10.0 Å². The van der Waals surface area contributed by atoms with Gasteiger partial charge < -0.3 is 10.1 Å². The lowest BCUT2D eigenvalue weighted by Gasteiger charge is -2.11. The summed E-state index contributed by atoms with van der Waals surface area (Å²) in [5.41, 5.74) is 2.71. The van der Waals surface area contributed by atoms with Gasteiger partial charge in [0.2, 0.25) is 0 Å². The van der Waals surface area contributed by atoms with E-state index in [0.717, 1.165) is 22.7 Å². The molecule has 28 heavy (non-hydrogen) atoms. The summed E-state index contributed by atoms with van der Waals surface area (Å²) in [5.74, 6) is 1.38. The van der Waals surface area contributed by atoms with E-state index in [2.05, 4.69) is 28.9 Å². The molecule has 0 saturated carbocycles. The number of nitrogens with one attached hydrogen (secondary N) is 2. The predicted molar refractivity (Wildman–Crippen MR) is 112 cm³/mol. The van der Waals surface area contributed by atoms with Gasteiger partial charge in [-0.3, -0.25) is 4.72 Å². The maximum atomic E-state index is 12.5. The van der Waals surface area contributed by atoms with Crippen LogP contribution >= 0.6 is 0 Å². The predicted octanol–water partition coefficient (Wildman–Crippen LogP) is 4.76. The summed E-state index contributed by atoms with van der Waals surface area (Å²) >= 11 is 0. The van der Waals surface area contributed by atoms with E-state index < -0.39 is 10.0 Å². The summed E-state index contributed by atoms with van der Waals surface area (Å²) in [5, 5.41) is 3.20. The number of hydrogen-bond donors (Lipinski definition) is 2. The summed E-state index contributed by atoms with van der Waals surface area (Å²) in [6, 6.07) is 17.7. The van der Waals surface area contributed by atoms with Crippen molar-refractivity contribution in [3.63, 3.8) is 0 Å². The molecule has 0 aliphatic heterocycles. The molecule has 0 aliphatic rings. The zero-order chi connectivity index (χ0) is 20.1. The van der Waals surface area contributed by atoms with E-state index in [1.165, 1.54) is 0 Å². The number of hydrogen-bond acceptors (Lipinski definition) is 5. The van der Waals surface area contributed by atoms with Crippen LogP contribution in [0, 0.1) is 0 Å². The first kappa shape index (κ1) is 19.7. The second-order valence-corrected chi connectivity index (χ2v) is 8.30. The summed E-state index contributed by atoms with van der Waals surface area (Å²) in [6.45, 7) is 4.13. The van der Waals surface area contributed by atoms with Gasteiger partial charge in [-0.05, 0) is 60.0 Å². The second-order valence-electron chi connectivity index (χ2n) is 6.61. The van der Waals surface area contributed by atoms with Crippen molar-refractivity contribution in [2.45, 2.75) is 24.7 Å². The maximum absolute atomic E-state index is 12.5. The Labute approximate surface area is 165 Å². The van der Waals surface area contributed by atoms with Crippen LogP contribution in [0.2, 0.25) is 0 Å². The number of benzene rings is 2. The lowest BCUT2D eigenvalue weighted by molar-refractivity contribution is 0.415. The molecule has 2 N–H and O–H groups in total. The molecular weight excluding hydrogens is 374 g/mol. The molecule has 1 aromatic heterocycles. The highest BCUT2D eigenvalue weighted by Crippen LogP contribution is 2.22. The number of pyridine rings is 1. The lowest BCUT2D eigenvalue weighted by atomic mass is 10.0. The van der Waals surface area contributed by atoms with Crippen LogP contribution in [-0.2, 0) is 10.0 Å². The molecule has 1 heterocycles. The average molecular weight is 398 g/mol. The van der Waals surface area contributed by atoms with Crippen LogP contribution in [0.1, 0.15) is 25.3 Å². The molecule has 0 fully saturated rings. The van der Waals surface area contributed by atoms with Crippen molar-refractivity contribution in [2.24, 2.45) is 0 Å². The molecule has 2 aromatic carbocycles. The fraction of sp³-hybridized carbons (Fsp3) is 0.190. The van der Waals surface area contributed by atoms with Crippen molar-refractivity contribution in [2.75, 3.05) is 17.1 Å². The van der Waals surface area contributed by atoms with Crippen LogP contribution in [0.5, 0.6) is 5.75 Å². The first-order chi connectivity index (χ1) is 13.4. The van der Waals surface area contributed by atoms with E-state index >= 15 is 0 Å². The van der Waals surface area contributed by atoms with Crippen molar-refractivity contribution < 1.29 is 13.2 Å². The summed E-state index contributed by atoms with van der Waals surface area (Å²) < 4.78 is 32.7. The third-order valence-electron chi connectivity index (χ3n) is 4.24. The highest BCUT2D eigenvalue weighted by atomic mass is 32.2. The monoisotopic (exact) mass is 397 g/mol. The number of ether oxygens (including phenoxy) is 1. The average Bonchev–Trinajstić information content (AvgIpc) is 2.70. The molecule has 0 spiro atoms. The minimum Gasteiger partial charge on any atom is -0.497 e. The second kappa shape index (κ2) is 8.31. The number of rotatable bonds is 7. The number of nitrogens with zero attached hydrogens (tertiary/aromatic N) is 1. The molecule has 0 aliphatic carbocycles. The molecule has 3 rings (SSSR count). The van der Waals surface area contributed by atoms with Gasteiger partial charge in [-0.2, -0.15) is 0 Å². The van der Waals surface area contributed by atoms with Gasteiger partial charge in [0.15, 0.2) is 0 Å². The highest BCUT2D eigenvalue weighted by molar-refractivity contribution is 7.92. The van der Waals surface area contributed by atoms with Gasteiger partial charge in [0.05, 0.1) is 23.9 Å². The van der Waals surface area contributed by atoms with Crippen LogP contribution in [0.4, 0.5) is 17.2 Å². The largest absolute Gasteiger partial charge is 0.497 e. The third kappa shape index (κ3) is 4.80. The molecule has 0 bridgehead atoms. The Kier molecular flexibility index (Phi) is 5.84. The molecule has 0 radical (unpaired) electrons. The molecule has 0 amide bonds. The Morgan fingerprint density at radius 3 is 2.07 bits per heavy atom. The molecule has 0 saturated heterocycles. The zero-order valence-electron chi connectivity index (χ0n) is 16.0. The summed E-state index contributed by atoms with van der Waals surface area (Å²) in [7, 11) is -2.07. The highest BCUT2D eigenvalue weighted by Gasteiger charge is 2.15. The van der Waals surface area contributed by atoms with Gasteiger partial charge in [-0.15, -0.1) is 0 Å². The van der Waals surface area contributed by atoms with Gasteiger partial charge in [-0.1, -0.05) is 26.0 Å². The Balaban J connectivity index is 1.68. The summed E-state index contributed by atoms with van der Waals surface area (Å²) in [4.78, 5) is 4.40. The van der Waals surface area contributed by atoms with Gasteiger partial charge in [0.1, 0.15) is 11.6 Å². The quantitative estimate of drug-likeness (QED) is 0.601. The van der Waals surface area contributed by atoms with E-state index in [1.54, 1.807) is 37.6 Å². The van der Waals surface area contributed by atoms with Crippen molar-refractivity contribution in [3.8, 4) is 5.75 Å².